The van der Waals surface area contributed by atoms with Crippen LogP contribution in [0.4, 0.5) is 0 Å². The fourth-order valence-corrected chi connectivity index (χ4v) is 4.05. The topological polar surface area (TPSA) is 290 Å². The second-order valence-electron chi connectivity index (χ2n) is 9.55. The Bertz CT molecular complexity index is 1010. The first-order chi connectivity index (χ1) is 19.7. The number of carboxylic acid groups (broad SMARTS) is 1. The lowest BCUT2D eigenvalue weighted by molar-refractivity contribution is -0.144. The molecule has 0 aromatic carbocycles. The minimum Gasteiger partial charge on any atom is -0.480 e. The van der Waals surface area contributed by atoms with Gasteiger partial charge in [-0.2, -0.15) is 12.6 Å². The molecule has 1 aliphatic rings. The summed E-state index contributed by atoms with van der Waals surface area (Å²) in [6.45, 7) is 0.291. The molecule has 0 aliphatic carbocycles. The number of thiol groups is 1. The Kier molecular flexibility index (Phi) is 15.2. The molecule has 0 aromatic heterocycles. The number of nitrogens with two attached hydrogens (primary N) is 1. The number of rotatable bonds is 16. The van der Waals surface area contributed by atoms with Crippen LogP contribution in [0.25, 0.3) is 0 Å². The van der Waals surface area contributed by atoms with E-state index in [-0.39, 0.29) is 18.7 Å². The van der Waals surface area contributed by atoms with Gasteiger partial charge in [0.1, 0.15) is 30.2 Å². The van der Waals surface area contributed by atoms with Crippen molar-refractivity contribution < 1.29 is 54.0 Å². The monoisotopic (exact) mass is 621 g/mol. The number of nitrogens with zero attached hydrogens (tertiary/aromatic N) is 1. The highest BCUT2D eigenvalue weighted by molar-refractivity contribution is 7.80. The highest BCUT2D eigenvalue weighted by Gasteiger charge is 2.37. The summed E-state index contributed by atoms with van der Waals surface area (Å²) in [6, 6.07) is -8.04. The van der Waals surface area contributed by atoms with Gasteiger partial charge >= 0.3 is 5.97 Å². The van der Waals surface area contributed by atoms with E-state index in [1.807, 2.05) is 5.32 Å². The van der Waals surface area contributed by atoms with Crippen LogP contribution in [0.15, 0.2) is 0 Å². The van der Waals surface area contributed by atoms with E-state index in [1.165, 1.54) is 11.8 Å². The smallest absolute Gasteiger partial charge is 0.328 e. The molecule has 11 N–H and O–H groups in total. The zero-order valence-corrected chi connectivity index (χ0v) is 24.0. The van der Waals surface area contributed by atoms with Crippen molar-refractivity contribution in [2.75, 3.05) is 32.1 Å². The minimum atomic E-state index is -1.71. The summed E-state index contributed by atoms with van der Waals surface area (Å²) in [7, 11) is 0. The number of carbonyl (C=O) groups excluding carboxylic acids is 6. The molecule has 18 nitrogen and oxygen atoms in total. The van der Waals surface area contributed by atoms with Crippen LogP contribution in [-0.2, 0) is 33.6 Å². The van der Waals surface area contributed by atoms with Crippen molar-refractivity contribution in [1.82, 2.24) is 31.5 Å². The molecule has 1 heterocycles. The minimum absolute atomic E-state index is 0.0724. The third-order valence-electron chi connectivity index (χ3n) is 6.19. The third kappa shape index (κ3) is 10.7. The van der Waals surface area contributed by atoms with E-state index in [2.05, 4.69) is 33.9 Å². The summed E-state index contributed by atoms with van der Waals surface area (Å²) < 4.78 is 0. The van der Waals surface area contributed by atoms with Gasteiger partial charge in [0, 0.05) is 12.3 Å². The number of aliphatic hydroxyl groups is 3. The third-order valence-corrected chi connectivity index (χ3v) is 6.56. The van der Waals surface area contributed by atoms with Crippen LogP contribution in [-0.4, -0.2) is 141 Å². The van der Waals surface area contributed by atoms with E-state index in [9.17, 15) is 43.8 Å². The maximum Gasteiger partial charge on any atom is 0.328 e. The van der Waals surface area contributed by atoms with Gasteiger partial charge in [-0.3, -0.25) is 28.8 Å². The van der Waals surface area contributed by atoms with E-state index in [0.717, 1.165) is 6.92 Å². The van der Waals surface area contributed by atoms with E-state index in [4.69, 9.17) is 15.9 Å². The molecule has 42 heavy (non-hydrogen) atoms. The molecule has 0 bridgehead atoms. The maximum absolute atomic E-state index is 12.9. The number of carboxylic acids is 1. The Hall–Kier alpha value is -3.52. The lowest BCUT2D eigenvalue weighted by Gasteiger charge is -2.28. The van der Waals surface area contributed by atoms with Gasteiger partial charge in [0.2, 0.25) is 35.4 Å². The van der Waals surface area contributed by atoms with Crippen molar-refractivity contribution in [3.63, 3.8) is 0 Å². The normalized spacial score (nSPS) is 18.8. The quantitative estimate of drug-likeness (QED) is 0.0718. The summed E-state index contributed by atoms with van der Waals surface area (Å²) in [5.41, 5.74) is 5.47. The van der Waals surface area contributed by atoms with Crippen LogP contribution >= 0.6 is 12.6 Å². The Morgan fingerprint density at radius 3 is 1.98 bits per heavy atom. The average Bonchev–Trinajstić information content (AvgIpc) is 3.44. The van der Waals surface area contributed by atoms with Crippen molar-refractivity contribution >= 4 is 54.0 Å². The number of aliphatic carboxylic acids is 1. The molecule has 7 unspecified atom stereocenters. The number of nitrogens with one attached hydrogen (secondary N) is 5. The average molecular weight is 622 g/mol. The number of amides is 6. The molecular formula is C23H39N7O11S. The summed E-state index contributed by atoms with van der Waals surface area (Å²) in [4.78, 5) is 87.3. The van der Waals surface area contributed by atoms with Gasteiger partial charge in [-0.15, -0.1) is 0 Å². The molecule has 0 spiro atoms. The zero-order chi connectivity index (χ0) is 32.1. The molecule has 1 fully saturated rings. The van der Waals surface area contributed by atoms with Gasteiger partial charge in [-0.1, -0.05) is 0 Å². The molecule has 1 rings (SSSR count). The molecule has 7 atom stereocenters. The van der Waals surface area contributed by atoms with Crippen molar-refractivity contribution in [3.05, 3.63) is 0 Å². The lowest BCUT2D eigenvalue weighted by Crippen LogP contribution is -2.61. The van der Waals surface area contributed by atoms with E-state index >= 15 is 0 Å². The fraction of sp³-hybridized carbons (Fsp3) is 0.696. The highest BCUT2D eigenvalue weighted by atomic mass is 32.1. The number of hydrogen-bond acceptors (Lipinski definition) is 12. The summed E-state index contributed by atoms with van der Waals surface area (Å²) >= 11 is 4.01. The zero-order valence-electron chi connectivity index (χ0n) is 23.1. The summed E-state index contributed by atoms with van der Waals surface area (Å²) in [5, 5.41) is 48.8. The first-order valence-corrected chi connectivity index (χ1v) is 13.6. The summed E-state index contributed by atoms with van der Waals surface area (Å²) in [5.74, 6) is -6.62. The molecular weight excluding hydrogens is 582 g/mol. The fourth-order valence-electron chi connectivity index (χ4n) is 3.79. The molecule has 19 heteroatoms. The molecule has 0 radical (unpaired) electrons. The van der Waals surface area contributed by atoms with E-state index in [0.29, 0.717) is 6.42 Å². The van der Waals surface area contributed by atoms with Gasteiger partial charge < -0.3 is 57.6 Å². The number of likely N-dealkylation sites (tertiary alicyclic amines) is 1. The number of carbonyl (C=O) groups is 7. The maximum atomic E-state index is 12.9. The van der Waals surface area contributed by atoms with Crippen LogP contribution in [0, 0.1) is 0 Å². The van der Waals surface area contributed by atoms with Gasteiger partial charge in [0.15, 0.2) is 0 Å². The molecule has 1 saturated heterocycles. The number of aliphatic hydroxyl groups excluding tert-OH is 3. The van der Waals surface area contributed by atoms with E-state index < -0.39 is 104 Å². The Labute approximate surface area is 246 Å². The standard InChI is InChI=1S/C23H39N7O11S/c1-10(24)18(35)28-14(9-42)19(36)25-6-16(34)30-5-3-4-15(30)21(38)26-12(7-31)20(37)29-17(11(2)33)22(39)27-13(8-32)23(40)41/h10-15,17,31-33,42H,3-9,24H2,1-2H3,(H,25,36)(H,26,38)(H,27,39)(H,28,35)(H,29,37)(H,40,41). The Morgan fingerprint density at radius 1 is 0.881 bits per heavy atom. The van der Waals surface area contributed by atoms with Crippen molar-refractivity contribution in [3.8, 4) is 0 Å². The molecule has 0 saturated carbocycles. The first kappa shape index (κ1) is 36.5. The van der Waals surface area contributed by atoms with Crippen LogP contribution < -0.4 is 32.3 Å². The van der Waals surface area contributed by atoms with Crippen molar-refractivity contribution in [1.29, 1.82) is 0 Å². The van der Waals surface area contributed by atoms with Gasteiger partial charge in [-0.25, -0.2) is 4.79 Å². The number of hydrogen-bond donors (Lipinski definition) is 11. The molecule has 0 aromatic rings. The van der Waals surface area contributed by atoms with E-state index in [1.54, 1.807) is 0 Å². The predicted molar refractivity (Wildman–Crippen MR) is 146 cm³/mol. The summed E-state index contributed by atoms with van der Waals surface area (Å²) in [6.07, 6.45) is -0.924. The largest absolute Gasteiger partial charge is 0.480 e. The van der Waals surface area contributed by atoms with Gasteiger partial charge in [-0.05, 0) is 26.7 Å². The second-order valence-corrected chi connectivity index (χ2v) is 9.91. The van der Waals surface area contributed by atoms with Crippen LogP contribution in [0.3, 0.4) is 0 Å². The SMILES string of the molecule is CC(N)C(=O)NC(CS)C(=O)NCC(=O)N1CCCC1C(=O)NC(CO)C(=O)NC(C(=O)NC(CO)C(=O)O)C(C)O. The molecule has 6 amide bonds. The van der Waals surface area contributed by atoms with Crippen molar-refractivity contribution in [2.24, 2.45) is 5.73 Å². The lowest BCUT2D eigenvalue weighted by atomic mass is 10.1. The van der Waals surface area contributed by atoms with Crippen LogP contribution in [0.1, 0.15) is 26.7 Å². The Balaban J connectivity index is 2.82. The molecule has 1 aliphatic heterocycles. The Morgan fingerprint density at radius 2 is 1.48 bits per heavy atom. The van der Waals surface area contributed by atoms with Crippen LogP contribution in [0.2, 0.25) is 0 Å². The predicted octanol–water partition coefficient (Wildman–Crippen LogP) is -6.24. The molecule has 238 valence electrons. The second kappa shape index (κ2) is 17.4. The first-order valence-electron chi connectivity index (χ1n) is 13.0. The van der Waals surface area contributed by atoms with Crippen LogP contribution in [0.5, 0.6) is 0 Å². The van der Waals surface area contributed by atoms with Gasteiger partial charge in [0.25, 0.3) is 0 Å². The van der Waals surface area contributed by atoms with Gasteiger partial charge in [0.05, 0.1) is 31.9 Å². The highest BCUT2D eigenvalue weighted by Crippen LogP contribution is 2.17. The van der Waals surface area contributed by atoms with Crippen molar-refractivity contribution in [2.45, 2.75) is 69.0 Å².